The molecule has 0 aliphatic carbocycles. The van der Waals surface area contributed by atoms with Crippen molar-refractivity contribution in [2.45, 2.75) is 19.9 Å². The Morgan fingerprint density at radius 2 is 1.83 bits per heavy atom. The van der Waals surface area contributed by atoms with Gasteiger partial charge in [0.05, 0.1) is 5.69 Å². The standard InChI is InChI=1S/C18H21N9O2/c1-13-3-4-17(28)27(23-13)14(2)18(29)25-7-5-24(6-8-25)15-9-16(21-11-20-15)26-12-19-10-22-26/h3-4,9-12,14H,5-8H2,1-2H3/t14-/m1/s1. The van der Waals surface area contributed by atoms with Gasteiger partial charge in [-0.15, -0.1) is 0 Å². The zero-order chi connectivity index (χ0) is 20.4. The fourth-order valence-corrected chi connectivity index (χ4v) is 3.28. The molecule has 1 aliphatic rings. The second-order valence-corrected chi connectivity index (χ2v) is 6.82. The number of aryl methyl sites for hydroxylation is 1. The van der Waals surface area contributed by atoms with Crippen LogP contribution < -0.4 is 10.5 Å². The molecule has 11 nitrogen and oxygen atoms in total. The van der Waals surface area contributed by atoms with E-state index in [0.717, 1.165) is 5.82 Å². The third-order valence-electron chi connectivity index (χ3n) is 4.89. The predicted octanol–water partition coefficient (Wildman–Crippen LogP) is -0.168. The molecule has 0 saturated carbocycles. The van der Waals surface area contributed by atoms with E-state index in [0.29, 0.717) is 37.7 Å². The van der Waals surface area contributed by atoms with Gasteiger partial charge in [0.25, 0.3) is 5.56 Å². The van der Waals surface area contributed by atoms with E-state index >= 15 is 0 Å². The predicted molar refractivity (Wildman–Crippen MR) is 104 cm³/mol. The minimum absolute atomic E-state index is 0.115. The third kappa shape index (κ3) is 3.84. The van der Waals surface area contributed by atoms with Gasteiger partial charge in [-0.3, -0.25) is 9.59 Å². The average molecular weight is 395 g/mol. The number of aromatic nitrogens is 7. The number of carbonyl (C=O) groups excluding carboxylic acids is 1. The van der Waals surface area contributed by atoms with Gasteiger partial charge in [0.15, 0.2) is 5.82 Å². The minimum atomic E-state index is -0.646. The zero-order valence-corrected chi connectivity index (χ0v) is 16.2. The SMILES string of the molecule is Cc1ccc(=O)n([C@H](C)C(=O)N2CCN(c3cc(-n4cncn4)ncn3)CC2)n1. The summed E-state index contributed by atoms with van der Waals surface area (Å²) in [5, 5.41) is 8.28. The van der Waals surface area contributed by atoms with Crippen LogP contribution in [0, 0.1) is 6.92 Å². The summed E-state index contributed by atoms with van der Waals surface area (Å²) >= 11 is 0. The Morgan fingerprint density at radius 1 is 1.07 bits per heavy atom. The summed E-state index contributed by atoms with van der Waals surface area (Å²) in [7, 11) is 0. The van der Waals surface area contributed by atoms with Crippen LogP contribution in [0.4, 0.5) is 5.82 Å². The smallest absolute Gasteiger partial charge is 0.267 e. The summed E-state index contributed by atoms with van der Waals surface area (Å²) in [4.78, 5) is 41.3. The van der Waals surface area contributed by atoms with Crippen molar-refractivity contribution in [3.05, 3.63) is 53.2 Å². The fourth-order valence-electron chi connectivity index (χ4n) is 3.28. The second kappa shape index (κ2) is 7.78. The maximum atomic E-state index is 12.9. The number of carbonyl (C=O) groups is 1. The van der Waals surface area contributed by atoms with Crippen molar-refractivity contribution in [3.8, 4) is 5.82 Å². The van der Waals surface area contributed by atoms with Crippen molar-refractivity contribution in [3.63, 3.8) is 0 Å². The molecule has 0 bridgehead atoms. The first-order chi connectivity index (χ1) is 14.0. The highest BCUT2D eigenvalue weighted by molar-refractivity contribution is 5.80. The molecule has 4 heterocycles. The van der Waals surface area contributed by atoms with Crippen molar-refractivity contribution >= 4 is 11.7 Å². The highest BCUT2D eigenvalue weighted by Gasteiger charge is 2.27. The maximum absolute atomic E-state index is 12.9. The Bertz CT molecular complexity index is 1060. The van der Waals surface area contributed by atoms with Gasteiger partial charge >= 0.3 is 0 Å². The maximum Gasteiger partial charge on any atom is 0.267 e. The van der Waals surface area contributed by atoms with Gasteiger partial charge < -0.3 is 9.80 Å². The number of piperazine rings is 1. The molecule has 4 rings (SSSR count). The summed E-state index contributed by atoms with van der Waals surface area (Å²) in [5.74, 6) is 1.28. The number of amides is 1. The molecular weight excluding hydrogens is 374 g/mol. The van der Waals surface area contributed by atoms with E-state index in [4.69, 9.17) is 0 Å². The average Bonchev–Trinajstić information content (AvgIpc) is 3.30. The monoisotopic (exact) mass is 395 g/mol. The van der Waals surface area contributed by atoms with Crippen molar-refractivity contribution in [1.29, 1.82) is 0 Å². The van der Waals surface area contributed by atoms with Gasteiger partial charge in [-0.05, 0) is 19.9 Å². The Kier molecular flexibility index (Phi) is 5.02. The molecule has 0 spiro atoms. The van der Waals surface area contributed by atoms with Crippen molar-refractivity contribution in [2.75, 3.05) is 31.1 Å². The Morgan fingerprint density at radius 3 is 2.55 bits per heavy atom. The summed E-state index contributed by atoms with van der Waals surface area (Å²) in [6, 6.07) is 4.27. The van der Waals surface area contributed by atoms with Crippen LogP contribution >= 0.6 is 0 Å². The lowest BCUT2D eigenvalue weighted by Crippen LogP contribution is -2.51. The molecule has 1 aliphatic heterocycles. The Hall–Kier alpha value is -3.63. The highest BCUT2D eigenvalue weighted by atomic mass is 16.2. The molecule has 0 N–H and O–H groups in total. The van der Waals surface area contributed by atoms with Crippen LogP contribution in [0.15, 0.2) is 42.0 Å². The van der Waals surface area contributed by atoms with E-state index in [1.165, 1.54) is 23.4 Å². The van der Waals surface area contributed by atoms with Gasteiger partial charge in [-0.25, -0.2) is 24.3 Å². The molecule has 3 aromatic rings. The number of anilines is 1. The van der Waals surface area contributed by atoms with Crippen LogP contribution in [0.2, 0.25) is 0 Å². The Balaban J connectivity index is 1.43. The van der Waals surface area contributed by atoms with Crippen LogP contribution in [0.1, 0.15) is 18.7 Å². The lowest BCUT2D eigenvalue weighted by atomic mass is 10.2. The highest BCUT2D eigenvalue weighted by Crippen LogP contribution is 2.17. The third-order valence-corrected chi connectivity index (χ3v) is 4.89. The number of rotatable bonds is 4. The molecule has 1 fully saturated rings. The molecule has 29 heavy (non-hydrogen) atoms. The summed E-state index contributed by atoms with van der Waals surface area (Å²) in [6.45, 7) is 5.82. The summed E-state index contributed by atoms with van der Waals surface area (Å²) < 4.78 is 2.82. The van der Waals surface area contributed by atoms with E-state index in [1.807, 2.05) is 6.07 Å². The molecule has 0 radical (unpaired) electrons. The Labute approximate surface area is 166 Å². The lowest BCUT2D eigenvalue weighted by molar-refractivity contribution is -0.135. The summed E-state index contributed by atoms with van der Waals surface area (Å²) in [6.07, 6.45) is 4.51. The van der Waals surface area contributed by atoms with Crippen molar-refractivity contribution in [2.24, 2.45) is 0 Å². The minimum Gasteiger partial charge on any atom is -0.353 e. The van der Waals surface area contributed by atoms with Crippen LogP contribution in [0.3, 0.4) is 0 Å². The topological polar surface area (TPSA) is 115 Å². The zero-order valence-electron chi connectivity index (χ0n) is 16.2. The normalized spacial score (nSPS) is 15.4. The van der Waals surface area contributed by atoms with Crippen molar-refractivity contribution in [1.82, 2.24) is 39.4 Å². The molecule has 11 heteroatoms. The number of hydrogen-bond acceptors (Lipinski definition) is 8. The van der Waals surface area contributed by atoms with E-state index in [2.05, 4.69) is 30.0 Å². The molecule has 0 aromatic carbocycles. The summed E-state index contributed by atoms with van der Waals surface area (Å²) in [5.41, 5.74) is 0.415. The molecule has 1 atom stereocenters. The molecule has 150 valence electrons. The van der Waals surface area contributed by atoms with E-state index in [-0.39, 0.29) is 11.5 Å². The first-order valence-corrected chi connectivity index (χ1v) is 9.30. The van der Waals surface area contributed by atoms with E-state index in [1.54, 1.807) is 35.8 Å². The number of hydrogen-bond donors (Lipinski definition) is 0. The molecular formula is C18H21N9O2. The first kappa shape index (κ1) is 18.7. The van der Waals surface area contributed by atoms with Gasteiger partial charge in [0, 0.05) is 38.3 Å². The van der Waals surface area contributed by atoms with E-state index < -0.39 is 6.04 Å². The molecule has 1 saturated heterocycles. The van der Waals surface area contributed by atoms with Crippen molar-refractivity contribution < 1.29 is 4.79 Å². The molecule has 3 aromatic heterocycles. The van der Waals surface area contributed by atoms with Gasteiger partial charge in [-0.1, -0.05) is 0 Å². The lowest BCUT2D eigenvalue weighted by Gasteiger charge is -2.36. The quantitative estimate of drug-likeness (QED) is 0.598. The van der Waals surface area contributed by atoms with Crippen LogP contribution in [-0.2, 0) is 4.79 Å². The van der Waals surface area contributed by atoms with Gasteiger partial charge in [0.2, 0.25) is 5.91 Å². The van der Waals surface area contributed by atoms with Crippen LogP contribution in [0.25, 0.3) is 5.82 Å². The van der Waals surface area contributed by atoms with Gasteiger partial charge in [-0.2, -0.15) is 10.2 Å². The second-order valence-electron chi connectivity index (χ2n) is 6.82. The van der Waals surface area contributed by atoms with Gasteiger partial charge in [0.1, 0.15) is 30.8 Å². The van der Waals surface area contributed by atoms with E-state index in [9.17, 15) is 9.59 Å². The first-order valence-electron chi connectivity index (χ1n) is 9.30. The molecule has 1 amide bonds. The van der Waals surface area contributed by atoms with Crippen LogP contribution in [0.5, 0.6) is 0 Å². The van der Waals surface area contributed by atoms with Crippen LogP contribution in [-0.4, -0.2) is 71.5 Å². The number of nitrogens with zero attached hydrogens (tertiary/aromatic N) is 9. The molecule has 0 unspecified atom stereocenters. The largest absolute Gasteiger partial charge is 0.353 e. The fraction of sp³-hybridized carbons (Fsp3) is 0.389.